The van der Waals surface area contributed by atoms with Crippen molar-refractivity contribution < 1.29 is 19.2 Å². The van der Waals surface area contributed by atoms with Gasteiger partial charge in [0.2, 0.25) is 5.56 Å². The first kappa shape index (κ1) is 17.8. The van der Waals surface area contributed by atoms with Gasteiger partial charge in [-0.25, -0.2) is 4.79 Å². The fraction of sp³-hybridized carbons (Fsp3) is 0.0556. The smallest absolute Gasteiger partial charge is 0.339 e. The highest BCUT2D eigenvalue weighted by molar-refractivity contribution is 6.04. The summed E-state index contributed by atoms with van der Waals surface area (Å²) in [5.74, 6) is -1.43. The lowest BCUT2D eigenvalue weighted by Crippen LogP contribution is -2.21. The summed E-state index contributed by atoms with van der Waals surface area (Å²) < 4.78 is 4.98. The largest absolute Gasteiger partial charge is 0.452 e. The number of hydrogen-bond acceptors (Lipinski definition) is 6. The van der Waals surface area contributed by atoms with E-state index in [1.54, 1.807) is 24.3 Å². The van der Waals surface area contributed by atoms with Crippen molar-refractivity contribution >= 4 is 34.2 Å². The van der Waals surface area contributed by atoms with E-state index in [1.807, 2.05) is 0 Å². The topological polar surface area (TPSA) is 131 Å². The molecule has 0 saturated carbocycles. The lowest BCUT2D eigenvalue weighted by atomic mass is 10.1. The number of nitro groups is 1. The number of nitro benzene ring substituents is 1. The predicted octanol–water partition coefficient (Wildman–Crippen LogP) is 2.23. The Hall–Kier alpha value is -4.01. The van der Waals surface area contributed by atoms with Crippen LogP contribution in [-0.4, -0.2) is 28.4 Å². The number of carbonyl (C=O) groups is 2. The van der Waals surface area contributed by atoms with Crippen LogP contribution in [0.3, 0.4) is 0 Å². The molecule has 9 nitrogen and oxygen atoms in total. The number of anilines is 1. The monoisotopic (exact) mass is 367 g/mol. The molecule has 0 aliphatic heterocycles. The number of aromatic nitrogens is 1. The van der Waals surface area contributed by atoms with Crippen molar-refractivity contribution in [1.29, 1.82) is 0 Å². The molecule has 2 aromatic carbocycles. The minimum atomic E-state index is -0.809. The van der Waals surface area contributed by atoms with Crippen molar-refractivity contribution in [2.24, 2.45) is 0 Å². The number of nitrogens with one attached hydrogen (secondary N) is 2. The number of aromatic amines is 1. The molecule has 0 aliphatic carbocycles. The minimum absolute atomic E-state index is 0.0532. The number of fused-ring (bicyclic) bond motifs is 1. The first-order chi connectivity index (χ1) is 12.9. The number of benzene rings is 2. The summed E-state index contributed by atoms with van der Waals surface area (Å²) in [6.45, 7) is -0.572. The molecule has 0 fully saturated rings. The minimum Gasteiger partial charge on any atom is -0.452 e. The summed E-state index contributed by atoms with van der Waals surface area (Å²) in [5, 5.41) is 13.6. The molecule has 0 bridgehead atoms. The average molecular weight is 367 g/mol. The zero-order valence-corrected chi connectivity index (χ0v) is 13.8. The van der Waals surface area contributed by atoms with Crippen LogP contribution in [0.4, 0.5) is 11.4 Å². The van der Waals surface area contributed by atoms with Gasteiger partial charge in [0, 0.05) is 34.8 Å². The third-order valence-electron chi connectivity index (χ3n) is 3.67. The Morgan fingerprint density at radius 2 is 1.81 bits per heavy atom. The second-order valence-electron chi connectivity index (χ2n) is 5.52. The van der Waals surface area contributed by atoms with E-state index in [4.69, 9.17) is 4.74 Å². The van der Waals surface area contributed by atoms with Gasteiger partial charge in [-0.1, -0.05) is 18.2 Å². The Bertz CT molecular complexity index is 1090. The molecule has 0 saturated heterocycles. The van der Waals surface area contributed by atoms with E-state index in [0.29, 0.717) is 16.6 Å². The number of hydrogen-bond donors (Lipinski definition) is 2. The fourth-order valence-electron chi connectivity index (χ4n) is 2.45. The van der Waals surface area contributed by atoms with E-state index >= 15 is 0 Å². The van der Waals surface area contributed by atoms with Gasteiger partial charge in [-0.3, -0.25) is 19.7 Å². The first-order valence-electron chi connectivity index (χ1n) is 7.77. The van der Waals surface area contributed by atoms with Crippen LogP contribution in [-0.2, 0) is 9.53 Å². The van der Waals surface area contributed by atoms with Gasteiger partial charge in [0.05, 0.1) is 10.5 Å². The third kappa shape index (κ3) is 4.15. The molecule has 0 atom stereocenters. The molecule has 1 aromatic heterocycles. The number of non-ortho nitro benzene ring substituents is 1. The van der Waals surface area contributed by atoms with Crippen LogP contribution < -0.4 is 10.9 Å². The number of para-hydroxylation sites is 1. The Morgan fingerprint density at radius 3 is 2.52 bits per heavy atom. The van der Waals surface area contributed by atoms with Crippen LogP contribution in [0.25, 0.3) is 10.9 Å². The highest BCUT2D eigenvalue weighted by Crippen LogP contribution is 2.16. The molecule has 1 heterocycles. The highest BCUT2D eigenvalue weighted by atomic mass is 16.6. The van der Waals surface area contributed by atoms with E-state index in [0.717, 1.165) is 6.07 Å². The van der Waals surface area contributed by atoms with Crippen molar-refractivity contribution in [3.8, 4) is 0 Å². The number of carbonyl (C=O) groups excluding carboxylic acids is 2. The summed E-state index contributed by atoms with van der Waals surface area (Å²) in [4.78, 5) is 48.5. The molecule has 0 radical (unpaired) electrons. The zero-order valence-electron chi connectivity index (χ0n) is 13.8. The van der Waals surface area contributed by atoms with E-state index in [2.05, 4.69) is 10.3 Å². The average Bonchev–Trinajstić information content (AvgIpc) is 2.65. The molecule has 3 rings (SSSR count). The van der Waals surface area contributed by atoms with E-state index in [9.17, 15) is 24.5 Å². The van der Waals surface area contributed by atoms with Crippen LogP contribution >= 0.6 is 0 Å². The number of nitrogens with zero attached hydrogens (tertiary/aromatic N) is 1. The second kappa shape index (κ2) is 7.48. The maximum Gasteiger partial charge on any atom is 0.339 e. The predicted molar refractivity (Wildman–Crippen MR) is 96.6 cm³/mol. The number of esters is 1. The number of rotatable bonds is 5. The molecular formula is C18H13N3O6. The molecule has 0 unspecified atom stereocenters. The van der Waals surface area contributed by atoms with E-state index < -0.39 is 29.0 Å². The van der Waals surface area contributed by atoms with Crippen LogP contribution in [0.15, 0.2) is 59.4 Å². The summed E-state index contributed by atoms with van der Waals surface area (Å²) in [6, 6.07) is 13.0. The van der Waals surface area contributed by atoms with Crippen LogP contribution in [0.2, 0.25) is 0 Å². The van der Waals surface area contributed by atoms with E-state index in [1.165, 1.54) is 24.3 Å². The molecule has 2 N–H and O–H groups in total. The Morgan fingerprint density at radius 1 is 1.11 bits per heavy atom. The van der Waals surface area contributed by atoms with Crippen molar-refractivity contribution in [2.75, 3.05) is 11.9 Å². The maximum absolute atomic E-state index is 12.3. The zero-order chi connectivity index (χ0) is 19.4. The van der Waals surface area contributed by atoms with Crippen LogP contribution in [0.1, 0.15) is 10.4 Å². The number of H-pyrrole nitrogens is 1. The van der Waals surface area contributed by atoms with Gasteiger partial charge in [-0.05, 0) is 18.2 Å². The quantitative estimate of drug-likeness (QED) is 0.404. The summed E-state index contributed by atoms with van der Waals surface area (Å²) in [6.07, 6.45) is 0. The molecule has 9 heteroatoms. The molecule has 3 aromatic rings. The Kier molecular flexibility index (Phi) is 4.93. The van der Waals surface area contributed by atoms with Crippen molar-refractivity contribution in [2.45, 2.75) is 0 Å². The number of ether oxygens (including phenoxy) is 1. The van der Waals surface area contributed by atoms with Gasteiger partial charge in [0.25, 0.3) is 11.6 Å². The van der Waals surface area contributed by atoms with Gasteiger partial charge in [-0.15, -0.1) is 0 Å². The number of amides is 1. The van der Waals surface area contributed by atoms with Crippen molar-refractivity contribution in [3.63, 3.8) is 0 Å². The van der Waals surface area contributed by atoms with Gasteiger partial charge in [0.15, 0.2) is 6.61 Å². The van der Waals surface area contributed by atoms with Gasteiger partial charge >= 0.3 is 5.97 Å². The van der Waals surface area contributed by atoms with Gasteiger partial charge in [-0.2, -0.15) is 0 Å². The molecule has 0 spiro atoms. The number of pyridine rings is 1. The second-order valence-corrected chi connectivity index (χ2v) is 5.52. The summed E-state index contributed by atoms with van der Waals surface area (Å²) in [5.41, 5.74) is 0.282. The molecule has 1 amide bonds. The van der Waals surface area contributed by atoms with Gasteiger partial charge in [0.1, 0.15) is 0 Å². The lowest BCUT2D eigenvalue weighted by molar-refractivity contribution is -0.384. The molecule has 136 valence electrons. The van der Waals surface area contributed by atoms with Crippen LogP contribution in [0.5, 0.6) is 0 Å². The lowest BCUT2D eigenvalue weighted by Gasteiger charge is -2.08. The highest BCUT2D eigenvalue weighted by Gasteiger charge is 2.15. The van der Waals surface area contributed by atoms with Gasteiger partial charge < -0.3 is 15.0 Å². The maximum atomic E-state index is 12.3. The summed E-state index contributed by atoms with van der Waals surface area (Å²) >= 11 is 0. The fourth-order valence-corrected chi connectivity index (χ4v) is 2.45. The molecule has 27 heavy (non-hydrogen) atoms. The van der Waals surface area contributed by atoms with Crippen molar-refractivity contribution in [3.05, 3.63) is 80.6 Å². The Labute approximate surface area is 151 Å². The first-order valence-corrected chi connectivity index (χ1v) is 7.77. The summed E-state index contributed by atoms with van der Waals surface area (Å²) in [7, 11) is 0. The van der Waals surface area contributed by atoms with Crippen LogP contribution in [0, 0.1) is 10.1 Å². The van der Waals surface area contributed by atoms with Crippen molar-refractivity contribution in [1.82, 2.24) is 4.98 Å². The van der Waals surface area contributed by atoms with E-state index in [-0.39, 0.29) is 11.3 Å². The third-order valence-corrected chi connectivity index (χ3v) is 3.67. The molecule has 0 aliphatic rings. The normalized spacial score (nSPS) is 10.4. The molecular weight excluding hydrogens is 354 g/mol. The Balaban J connectivity index is 1.66. The standard InChI is InChI=1S/C18H13N3O6/c22-16-9-14(13-3-1-2-4-15(13)20-16)18(24)27-10-17(23)19-11-5-7-12(8-6-11)21(25)26/h1-9H,10H2,(H,19,23)(H,20,22). The SMILES string of the molecule is O=C(COC(=O)c1cc(=O)[nH]c2ccccc12)Nc1ccc([N+](=O)[O-])cc1.